The second-order valence-electron chi connectivity index (χ2n) is 7.23. The number of urea groups is 1. The highest BCUT2D eigenvalue weighted by atomic mass is 35.5. The quantitative estimate of drug-likeness (QED) is 0.674. The van der Waals surface area contributed by atoms with Crippen LogP contribution in [0.3, 0.4) is 0 Å². The molecule has 1 saturated heterocycles. The molecule has 0 atom stereocenters. The van der Waals surface area contributed by atoms with E-state index in [2.05, 4.69) is 15.5 Å². The van der Waals surface area contributed by atoms with Crippen LogP contribution in [0.2, 0.25) is 5.02 Å². The summed E-state index contributed by atoms with van der Waals surface area (Å²) in [5, 5.41) is 5.73. The third kappa shape index (κ3) is 6.37. The molecule has 2 N–H and O–H groups in total. The molecule has 1 aliphatic rings. The normalized spacial score (nSPS) is 15.9. The molecule has 1 fully saturated rings. The molecule has 1 aliphatic heterocycles. The second kappa shape index (κ2) is 9.50. The maximum atomic E-state index is 13.0. The van der Waals surface area contributed by atoms with Crippen LogP contribution in [0.15, 0.2) is 48.5 Å². The van der Waals surface area contributed by atoms with Gasteiger partial charge in [-0.3, -0.25) is 4.90 Å². The Balaban J connectivity index is 1.43. The molecule has 29 heavy (non-hydrogen) atoms. The summed E-state index contributed by atoms with van der Waals surface area (Å²) in [6.45, 7) is 3.06. The van der Waals surface area contributed by atoms with Gasteiger partial charge in [-0.25, -0.2) is 4.79 Å². The van der Waals surface area contributed by atoms with Gasteiger partial charge in [0.15, 0.2) is 0 Å². The van der Waals surface area contributed by atoms with Gasteiger partial charge in [-0.2, -0.15) is 13.2 Å². The number of para-hydroxylation sites is 1. The smallest absolute Gasteiger partial charge is 0.338 e. The molecule has 0 spiro atoms. The molecular weight excluding hydrogens is 403 g/mol. The topological polar surface area (TPSA) is 44.4 Å². The van der Waals surface area contributed by atoms with Crippen molar-refractivity contribution in [2.75, 3.05) is 25.0 Å². The van der Waals surface area contributed by atoms with Gasteiger partial charge in [0.1, 0.15) is 0 Å². The molecule has 1 heterocycles. The number of anilines is 1. The Bertz CT molecular complexity index is 836. The van der Waals surface area contributed by atoms with Crippen molar-refractivity contribution >= 4 is 23.3 Å². The van der Waals surface area contributed by atoms with E-state index in [4.69, 9.17) is 11.6 Å². The zero-order chi connectivity index (χ0) is 20.9. The monoisotopic (exact) mass is 425 g/mol. The highest BCUT2D eigenvalue weighted by Crippen LogP contribution is 2.34. The molecule has 0 radical (unpaired) electrons. The number of hydrogen-bond donors (Lipinski definition) is 2. The number of carbonyl (C=O) groups is 1. The predicted octanol–water partition coefficient (Wildman–Crippen LogP) is 5.39. The van der Waals surface area contributed by atoms with Gasteiger partial charge in [0.05, 0.1) is 11.3 Å². The summed E-state index contributed by atoms with van der Waals surface area (Å²) in [6, 6.07) is 12.1. The van der Waals surface area contributed by atoms with Crippen molar-refractivity contribution in [1.29, 1.82) is 0 Å². The zero-order valence-corrected chi connectivity index (χ0v) is 16.6. The van der Waals surface area contributed by atoms with Gasteiger partial charge in [0.25, 0.3) is 0 Å². The van der Waals surface area contributed by atoms with Crippen LogP contribution in [0, 0.1) is 5.92 Å². The van der Waals surface area contributed by atoms with Crippen LogP contribution in [-0.2, 0) is 12.7 Å². The Hall–Kier alpha value is -2.25. The van der Waals surface area contributed by atoms with E-state index < -0.39 is 17.8 Å². The van der Waals surface area contributed by atoms with Gasteiger partial charge >= 0.3 is 12.2 Å². The number of carbonyl (C=O) groups excluding carboxylic acids is 1. The maximum Gasteiger partial charge on any atom is 0.418 e. The molecule has 0 bridgehead atoms. The lowest BCUT2D eigenvalue weighted by Gasteiger charge is -2.32. The lowest BCUT2D eigenvalue weighted by molar-refractivity contribution is -0.136. The van der Waals surface area contributed by atoms with Gasteiger partial charge in [-0.05, 0) is 61.7 Å². The summed E-state index contributed by atoms with van der Waals surface area (Å²) in [4.78, 5) is 14.4. The molecule has 2 aromatic carbocycles. The summed E-state index contributed by atoms with van der Waals surface area (Å²) >= 11 is 6.02. The van der Waals surface area contributed by atoms with Crippen molar-refractivity contribution in [2.24, 2.45) is 5.92 Å². The van der Waals surface area contributed by atoms with Crippen LogP contribution in [0.25, 0.3) is 0 Å². The van der Waals surface area contributed by atoms with Gasteiger partial charge in [-0.15, -0.1) is 0 Å². The van der Waals surface area contributed by atoms with E-state index in [1.807, 2.05) is 24.3 Å². The molecule has 2 aromatic rings. The molecule has 2 amide bonds. The van der Waals surface area contributed by atoms with Crippen LogP contribution in [0.1, 0.15) is 24.0 Å². The van der Waals surface area contributed by atoms with E-state index in [0.717, 1.165) is 49.1 Å². The fourth-order valence-electron chi connectivity index (χ4n) is 3.49. The molecule has 8 heteroatoms. The minimum Gasteiger partial charge on any atom is -0.338 e. The lowest BCUT2D eigenvalue weighted by Crippen LogP contribution is -2.39. The Kier molecular flexibility index (Phi) is 7.03. The van der Waals surface area contributed by atoms with Crippen LogP contribution in [0.4, 0.5) is 23.7 Å². The lowest BCUT2D eigenvalue weighted by atomic mass is 9.96. The number of amides is 2. The Morgan fingerprint density at radius 1 is 1.10 bits per heavy atom. The molecule has 0 aliphatic carbocycles. The molecule has 4 nitrogen and oxygen atoms in total. The Labute approximate surface area is 173 Å². The number of alkyl halides is 3. The van der Waals surface area contributed by atoms with Gasteiger partial charge in [0.2, 0.25) is 0 Å². The molecule has 3 rings (SSSR count). The van der Waals surface area contributed by atoms with Gasteiger partial charge < -0.3 is 10.6 Å². The largest absolute Gasteiger partial charge is 0.418 e. The average molecular weight is 426 g/mol. The van der Waals surface area contributed by atoms with Crippen molar-refractivity contribution in [3.63, 3.8) is 0 Å². The maximum absolute atomic E-state index is 13.0. The third-order valence-electron chi connectivity index (χ3n) is 5.03. The summed E-state index contributed by atoms with van der Waals surface area (Å²) < 4.78 is 39.0. The van der Waals surface area contributed by atoms with E-state index in [0.29, 0.717) is 12.5 Å². The van der Waals surface area contributed by atoms with Crippen LogP contribution in [0.5, 0.6) is 0 Å². The third-order valence-corrected chi connectivity index (χ3v) is 5.27. The molecule has 156 valence electrons. The summed E-state index contributed by atoms with van der Waals surface area (Å²) in [6.07, 6.45) is -2.68. The first-order valence-electron chi connectivity index (χ1n) is 9.49. The van der Waals surface area contributed by atoms with E-state index in [9.17, 15) is 18.0 Å². The fraction of sp³-hybridized carbons (Fsp3) is 0.381. The number of nitrogens with one attached hydrogen (secondary N) is 2. The SMILES string of the molecule is O=C(NCC1CCN(Cc2cccc(Cl)c2)CC1)Nc1ccccc1C(F)(F)F. The first-order valence-corrected chi connectivity index (χ1v) is 9.87. The van der Waals surface area contributed by atoms with Crippen molar-refractivity contribution < 1.29 is 18.0 Å². The molecule has 0 unspecified atom stereocenters. The highest BCUT2D eigenvalue weighted by Gasteiger charge is 2.33. The highest BCUT2D eigenvalue weighted by molar-refractivity contribution is 6.30. The summed E-state index contributed by atoms with van der Waals surface area (Å²) in [7, 11) is 0. The minimum absolute atomic E-state index is 0.242. The number of halogens is 4. The zero-order valence-electron chi connectivity index (χ0n) is 15.8. The Morgan fingerprint density at radius 2 is 1.83 bits per heavy atom. The number of rotatable bonds is 5. The first kappa shape index (κ1) is 21.5. The minimum atomic E-state index is -4.51. The van der Waals surface area contributed by atoms with E-state index in [1.54, 1.807) is 0 Å². The van der Waals surface area contributed by atoms with Gasteiger partial charge in [0, 0.05) is 18.1 Å². The van der Waals surface area contributed by atoms with Crippen LogP contribution >= 0.6 is 11.6 Å². The Morgan fingerprint density at radius 3 is 2.52 bits per heavy atom. The van der Waals surface area contributed by atoms with Gasteiger partial charge in [-0.1, -0.05) is 35.9 Å². The van der Waals surface area contributed by atoms with E-state index >= 15 is 0 Å². The van der Waals surface area contributed by atoms with E-state index in [1.165, 1.54) is 18.2 Å². The average Bonchev–Trinajstić information content (AvgIpc) is 2.67. The van der Waals surface area contributed by atoms with Crippen molar-refractivity contribution in [2.45, 2.75) is 25.6 Å². The molecular formula is C21H23ClF3N3O. The van der Waals surface area contributed by atoms with E-state index in [-0.39, 0.29) is 5.69 Å². The first-order chi connectivity index (χ1) is 13.8. The number of likely N-dealkylation sites (tertiary alicyclic amines) is 1. The molecule has 0 aromatic heterocycles. The number of hydrogen-bond acceptors (Lipinski definition) is 2. The van der Waals surface area contributed by atoms with Crippen molar-refractivity contribution in [3.05, 3.63) is 64.7 Å². The van der Waals surface area contributed by atoms with Crippen LogP contribution < -0.4 is 10.6 Å². The number of piperidine rings is 1. The summed E-state index contributed by atoms with van der Waals surface area (Å²) in [5.74, 6) is 0.300. The number of nitrogens with zero attached hydrogens (tertiary/aromatic N) is 1. The predicted molar refractivity (Wildman–Crippen MR) is 108 cm³/mol. The van der Waals surface area contributed by atoms with Crippen molar-refractivity contribution in [1.82, 2.24) is 10.2 Å². The van der Waals surface area contributed by atoms with Crippen LogP contribution in [-0.4, -0.2) is 30.6 Å². The summed E-state index contributed by atoms with van der Waals surface area (Å²) in [5.41, 5.74) is 0.0649. The van der Waals surface area contributed by atoms with Crippen molar-refractivity contribution in [3.8, 4) is 0 Å². The fourth-order valence-corrected chi connectivity index (χ4v) is 3.70. The second-order valence-corrected chi connectivity index (χ2v) is 7.66. The standard InChI is InChI=1S/C21H23ClF3N3O/c22-17-5-3-4-16(12-17)14-28-10-8-15(9-11-28)13-26-20(29)27-19-7-2-1-6-18(19)21(23,24)25/h1-7,12,15H,8-11,13-14H2,(H2,26,27,29). The molecule has 0 saturated carbocycles. The number of benzene rings is 2.